The Morgan fingerprint density at radius 3 is 2.05 bits per heavy atom. The van der Waals surface area contributed by atoms with Gasteiger partial charge in [-0.1, -0.05) is 18.2 Å². The first-order valence-corrected chi connectivity index (χ1v) is 11.4. The van der Waals surface area contributed by atoms with Gasteiger partial charge in [-0.2, -0.15) is 0 Å². The van der Waals surface area contributed by atoms with Crippen molar-refractivity contribution in [1.29, 1.82) is 0 Å². The highest BCUT2D eigenvalue weighted by atomic mass is 16.4. The Labute approximate surface area is 215 Å². The lowest BCUT2D eigenvalue weighted by molar-refractivity contribution is -0.147. The number of aromatic nitrogens is 1. The number of hydrogen-bond acceptors (Lipinski definition) is 8. The van der Waals surface area contributed by atoms with Gasteiger partial charge in [0, 0.05) is 29.9 Å². The average molecular weight is 536 g/mol. The minimum Gasteiger partial charge on any atom is -0.481 e. The summed E-state index contributed by atoms with van der Waals surface area (Å²) >= 11 is 0. The molecule has 1 heterocycles. The molecular formula is C23H29N5O10. The molecule has 206 valence electrons. The van der Waals surface area contributed by atoms with Gasteiger partial charge in [-0.05, 0) is 18.1 Å². The summed E-state index contributed by atoms with van der Waals surface area (Å²) in [4.78, 5) is 74.8. The van der Waals surface area contributed by atoms with Crippen LogP contribution in [-0.2, 0) is 35.2 Å². The molecule has 1 aromatic heterocycles. The molecule has 0 bridgehead atoms. The number of carbonyl (C=O) groups excluding carboxylic acids is 3. The lowest BCUT2D eigenvalue weighted by Crippen LogP contribution is -2.58. The number of nitrogens with two attached hydrogens (primary N) is 1. The molecule has 4 atom stereocenters. The minimum absolute atomic E-state index is 0.0935. The molecule has 0 aliphatic carbocycles. The Bertz CT molecular complexity index is 1200. The van der Waals surface area contributed by atoms with Crippen molar-refractivity contribution in [3.05, 3.63) is 36.0 Å². The van der Waals surface area contributed by atoms with Crippen molar-refractivity contribution >= 4 is 46.5 Å². The van der Waals surface area contributed by atoms with Gasteiger partial charge in [-0.25, -0.2) is 4.79 Å². The van der Waals surface area contributed by atoms with E-state index in [9.17, 15) is 39.0 Å². The van der Waals surface area contributed by atoms with Crippen LogP contribution in [0.3, 0.4) is 0 Å². The van der Waals surface area contributed by atoms with Gasteiger partial charge in [0.15, 0.2) is 0 Å². The van der Waals surface area contributed by atoms with Gasteiger partial charge in [0.05, 0.1) is 13.0 Å². The number of aliphatic carboxylic acids is 3. The van der Waals surface area contributed by atoms with Crippen LogP contribution in [0.2, 0.25) is 0 Å². The average Bonchev–Trinajstić information content (AvgIpc) is 3.27. The van der Waals surface area contributed by atoms with E-state index >= 15 is 0 Å². The van der Waals surface area contributed by atoms with E-state index in [-0.39, 0.29) is 6.42 Å². The number of nitrogens with one attached hydrogen (secondary N) is 4. The van der Waals surface area contributed by atoms with Gasteiger partial charge < -0.3 is 47.1 Å². The maximum atomic E-state index is 13.2. The molecule has 0 spiro atoms. The number of carboxylic acid groups (broad SMARTS) is 3. The number of aliphatic hydroxyl groups is 1. The second-order valence-corrected chi connectivity index (χ2v) is 8.40. The number of aromatic amines is 1. The van der Waals surface area contributed by atoms with Crippen molar-refractivity contribution in [2.75, 3.05) is 6.61 Å². The van der Waals surface area contributed by atoms with Gasteiger partial charge in [-0.15, -0.1) is 0 Å². The molecule has 4 unspecified atom stereocenters. The summed E-state index contributed by atoms with van der Waals surface area (Å²) in [7, 11) is 0. The molecule has 1 aromatic carbocycles. The van der Waals surface area contributed by atoms with Crippen molar-refractivity contribution in [1.82, 2.24) is 20.9 Å². The highest BCUT2D eigenvalue weighted by Gasteiger charge is 2.31. The summed E-state index contributed by atoms with van der Waals surface area (Å²) in [6.45, 7) is -0.711. The molecule has 15 heteroatoms. The van der Waals surface area contributed by atoms with E-state index in [4.69, 9.17) is 15.9 Å². The quantitative estimate of drug-likeness (QED) is 0.119. The Hall–Kier alpha value is -4.50. The third kappa shape index (κ3) is 8.56. The third-order valence-corrected chi connectivity index (χ3v) is 5.54. The van der Waals surface area contributed by atoms with Crippen molar-refractivity contribution in [2.24, 2.45) is 5.73 Å². The van der Waals surface area contributed by atoms with E-state index in [0.29, 0.717) is 5.56 Å². The summed E-state index contributed by atoms with van der Waals surface area (Å²) in [5.74, 6) is -7.39. The Kier molecular flexibility index (Phi) is 10.7. The predicted molar refractivity (Wildman–Crippen MR) is 130 cm³/mol. The maximum absolute atomic E-state index is 13.2. The molecule has 10 N–H and O–H groups in total. The fourth-order valence-corrected chi connectivity index (χ4v) is 3.55. The molecule has 0 saturated carbocycles. The molecule has 15 nitrogen and oxygen atoms in total. The second kappa shape index (κ2) is 13.7. The number of carboxylic acids is 3. The zero-order chi connectivity index (χ0) is 28.4. The van der Waals surface area contributed by atoms with E-state index in [1.807, 2.05) is 5.32 Å². The van der Waals surface area contributed by atoms with Crippen molar-refractivity contribution < 1.29 is 49.2 Å². The number of carbonyl (C=O) groups is 6. The number of aliphatic hydroxyl groups excluding tert-OH is 1. The monoisotopic (exact) mass is 535 g/mol. The van der Waals surface area contributed by atoms with Crippen LogP contribution < -0.4 is 21.7 Å². The molecular weight excluding hydrogens is 506 g/mol. The van der Waals surface area contributed by atoms with Crippen molar-refractivity contribution in [3.8, 4) is 0 Å². The minimum atomic E-state index is -1.84. The lowest BCUT2D eigenvalue weighted by Gasteiger charge is -2.24. The number of hydrogen-bond donors (Lipinski definition) is 9. The first-order valence-electron chi connectivity index (χ1n) is 11.4. The van der Waals surface area contributed by atoms with E-state index in [0.717, 1.165) is 10.9 Å². The number of rotatable bonds is 15. The molecule has 2 aromatic rings. The number of H-pyrrole nitrogens is 1. The van der Waals surface area contributed by atoms with E-state index in [1.165, 1.54) is 0 Å². The van der Waals surface area contributed by atoms with Crippen LogP contribution in [0.4, 0.5) is 0 Å². The molecule has 3 amide bonds. The van der Waals surface area contributed by atoms with Gasteiger partial charge in [-0.3, -0.25) is 24.0 Å². The zero-order valence-corrected chi connectivity index (χ0v) is 20.0. The van der Waals surface area contributed by atoms with Crippen LogP contribution in [0, 0.1) is 0 Å². The van der Waals surface area contributed by atoms with Crippen LogP contribution in [-0.4, -0.2) is 91.8 Å². The van der Waals surface area contributed by atoms with Crippen molar-refractivity contribution in [2.45, 2.75) is 49.9 Å². The Balaban J connectivity index is 2.30. The second-order valence-electron chi connectivity index (χ2n) is 8.40. The fraction of sp³-hybridized carbons (Fsp3) is 0.391. The predicted octanol–water partition coefficient (Wildman–Crippen LogP) is -2.09. The summed E-state index contributed by atoms with van der Waals surface area (Å²) in [6.07, 6.45) is -0.496. The molecule has 2 rings (SSSR count). The van der Waals surface area contributed by atoms with Gasteiger partial charge in [0.1, 0.15) is 24.2 Å². The Morgan fingerprint density at radius 2 is 1.45 bits per heavy atom. The van der Waals surface area contributed by atoms with E-state index in [1.54, 1.807) is 30.5 Å². The first-order chi connectivity index (χ1) is 17.9. The van der Waals surface area contributed by atoms with E-state index in [2.05, 4.69) is 15.6 Å². The fourth-order valence-electron chi connectivity index (χ4n) is 3.55. The molecule has 0 saturated heterocycles. The van der Waals surface area contributed by atoms with Crippen molar-refractivity contribution in [3.63, 3.8) is 0 Å². The largest absolute Gasteiger partial charge is 0.481 e. The molecule has 0 fully saturated rings. The number of para-hydroxylation sites is 1. The van der Waals surface area contributed by atoms with Crippen LogP contribution in [0.5, 0.6) is 0 Å². The maximum Gasteiger partial charge on any atom is 0.326 e. The summed E-state index contributed by atoms with van der Waals surface area (Å²) < 4.78 is 0. The van der Waals surface area contributed by atoms with Crippen LogP contribution in [0.15, 0.2) is 30.5 Å². The Morgan fingerprint density at radius 1 is 0.842 bits per heavy atom. The first kappa shape index (κ1) is 29.7. The summed E-state index contributed by atoms with van der Waals surface area (Å²) in [5, 5.41) is 43.8. The van der Waals surface area contributed by atoms with Crippen LogP contribution in [0.1, 0.15) is 24.8 Å². The number of amides is 3. The van der Waals surface area contributed by atoms with Gasteiger partial charge in [0.2, 0.25) is 17.7 Å². The SMILES string of the molecule is NC(CO)C(=O)NC(Cc1c[nH]c2ccccc12)C(=O)NC(CCC(=O)O)C(=O)NC(CC(=O)O)C(=O)O. The highest BCUT2D eigenvalue weighted by molar-refractivity contribution is 5.95. The number of fused-ring (bicyclic) bond motifs is 1. The van der Waals surface area contributed by atoms with E-state index < -0.39 is 85.7 Å². The lowest BCUT2D eigenvalue weighted by atomic mass is 10.0. The van der Waals surface area contributed by atoms with Crippen LogP contribution >= 0.6 is 0 Å². The molecule has 0 aliphatic rings. The standard InChI is InChI=1S/C23H29N5O10/c24-13(10-29)20(34)27-16(7-11-9-25-14-4-2-1-3-12(11)14)22(36)26-15(5-6-18(30)31)21(35)28-17(23(37)38)8-19(32)33/h1-4,9,13,15-17,25,29H,5-8,10,24H2,(H,26,36)(H,27,34)(H,28,35)(H,30,31)(H,32,33)(H,37,38). The molecule has 38 heavy (non-hydrogen) atoms. The summed E-state index contributed by atoms with van der Waals surface area (Å²) in [6, 6.07) is 0.995. The normalized spacial score (nSPS) is 14.1. The number of benzene rings is 1. The zero-order valence-electron chi connectivity index (χ0n) is 20.0. The topological polar surface area (TPSA) is 261 Å². The van der Waals surface area contributed by atoms with Gasteiger partial charge in [0.25, 0.3) is 0 Å². The smallest absolute Gasteiger partial charge is 0.326 e. The summed E-state index contributed by atoms with van der Waals surface area (Å²) in [5.41, 5.74) is 6.91. The van der Waals surface area contributed by atoms with Crippen LogP contribution in [0.25, 0.3) is 10.9 Å². The molecule has 0 aliphatic heterocycles. The molecule has 0 radical (unpaired) electrons. The van der Waals surface area contributed by atoms with Gasteiger partial charge >= 0.3 is 17.9 Å². The highest BCUT2D eigenvalue weighted by Crippen LogP contribution is 2.19. The third-order valence-electron chi connectivity index (χ3n) is 5.54.